The number of fused-ring (bicyclic) bond motifs is 1. The predicted octanol–water partition coefficient (Wildman–Crippen LogP) is 5.75. The summed E-state index contributed by atoms with van der Waals surface area (Å²) in [5.74, 6) is 9.57. The Kier molecular flexibility index (Phi) is 6.43. The van der Waals surface area contributed by atoms with Gasteiger partial charge in [0.1, 0.15) is 35.0 Å². The minimum atomic E-state index is 0.169. The van der Waals surface area contributed by atoms with Crippen molar-refractivity contribution in [1.29, 1.82) is 0 Å². The summed E-state index contributed by atoms with van der Waals surface area (Å²) in [5, 5.41) is 0.852. The molecule has 1 fully saturated rings. The highest BCUT2D eigenvalue weighted by molar-refractivity contribution is 6.03. The minimum Gasteiger partial charge on any atom is -0.457 e. The van der Waals surface area contributed by atoms with E-state index in [1.807, 2.05) is 42.5 Å². The van der Waals surface area contributed by atoms with Crippen molar-refractivity contribution in [3.63, 3.8) is 0 Å². The van der Waals surface area contributed by atoms with E-state index < -0.39 is 0 Å². The van der Waals surface area contributed by atoms with Crippen LogP contribution in [0.5, 0.6) is 11.5 Å². The normalized spacial score (nSPS) is 14.7. The van der Waals surface area contributed by atoms with Crippen LogP contribution in [0.15, 0.2) is 60.9 Å². The van der Waals surface area contributed by atoms with Crippen molar-refractivity contribution in [2.75, 3.05) is 25.9 Å². The van der Waals surface area contributed by atoms with E-state index in [2.05, 4.69) is 64.3 Å². The molecule has 1 aliphatic heterocycles. The number of benzene rings is 2. The molecule has 1 aliphatic rings. The SMILES string of the molecule is CC(C)n1c(C#CC2CCN(C)CC2)c(-c2ccc(Oc3ccccc3)cc2)c2c(N)ncnc21. The maximum Gasteiger partial charge on any atom is 0.147 e. The first kappa shape index (κ1) is 22.9. The quantitative estimate of drug-likeness (QED) is 0.389. The molecule has 35 heavy (non-hydrogen) atoms. The lowest BCUT2D eigenvalue weighted by Crippen LogP contribution is -2.29. The fraction of sp³-hybridized carbons (Fsp3) is 0.310. The third kappa shape index (κ3) is 4.73. The molecule has 0 unspecified atom stereocenters. The van der Waals surface area contributed by atoms with E-state index in [-0.39, 0.29) is 6.04 Å². The molecule has 0 saturated carbocycles. The van der Waals surface area contributed by atoms with Crippen LogP contribution in [0.3, 0.4) is 0 Å². The summed E-state index contributed by atoms with van der Waals surface area (Å²) in [6.07, 6.45) is 3.72. The second-order valence-corrected chi connectivity index (χ2v) is 9.43. The lowest BCUT2D eigenvalue weighted by molar-refractivity contribution is 0.248. The highest BCUT2D eigenvalue weighted by atomic mass is 16.5. The molecule has 6 nitrogen and oxygen atoms in total. The standard InChI is InChI=1S/C29H31N5O/c1-20(2)34-25(14-9-21-15-17-33(3)18-16-21)26(27-28(30)31-19-32-29(27)34)22-10-12-24(13-11-22)35-23-7-5-4-6-8-23/h4-8,10-13,19-21H,15-18H2,1-3H3,(H2,30,31,32). The van der Waals surface area contributed by atoms with E-state index >= 15 is 0 Å². The van der Waals surface area contributed by atoms with Gasteiger partial charge >= 0.3 is 0 Å². The highest BCUT2D eigenvalue weighted by Crippen LogP contribution is 2.39. The van der Waals surface area contributed by atoms with Crippen molar-refractivity contribution >= 4 is 16.9 Å². The zero-order valence-electron chi connectivity index (χ0n) is 20.5. The average molecular weight is 466 g/mol. The lowest BCUT2D eigenvalue weighted by Gasteiger charge is -2.25. The van der Waals surface area contributed by atoms with Crippen molar-refractivity contribution in [2.24, 2.45) is 5.92 Å². The van der Waals surface area contributed by atoms with Gasteiger partial charge in [-0.2, -0.15) is 0 Å². The van der Waals surface area contributed by atoms with Gasteiger partial charge in [-0.15, -0.1) is 0 Å². The Morgan fingerprint density at radius 2 is 1.66 bits per heavy atom. The van der Waals surface area contributed by atoms with Crippen LogP contribution in [0.1, 0.15) is 38.4 Å². The van der Waals surface area contributed by atoms with E-state index in [1.54, 1.807) is 0 Å². The van der Waals surface area contributed by atoms with Crippen LogP contribution >= 0.6 is 0 Å². The number of piperidine rings is 1. The van der Waals surface area contributed by atoms with Crippen molar-refractivity contribution in [3.8, 4) is 34.5 Å². The molecule has 0 amide bonds. The molecule has 6 heteroatoms. The first-order valence-corrected chi connectivity index (χ1v) is 12.2. The van der Waals surface area contributed by atoms with Crippen LogP contribution < -0.4 is 10.5 Å². The molecule has 0 bridgehead atoms. The van der Waals surface area contributed by atoms with Crippen LogP contribution in [-0.2, 0) is 0 Å². The molecule has 5 rings (SSSR count). The molecule has 0 atom stereocenters. The zero-order chi connectivity index (χ0) is 24.4. The minimum absolute atomic E-state index is 0.169. The van der Waals surface area contributed by atoms with Gasteiger partial charge in [0.05, 0.1) is 5.39 Å². The van der Waals surface area contributed by atoms with Gasteiger partial charge in [0.15, 0.2) is 0 Å². The monoisotopic (exact) mass is 465 g/mol. The third-order valence-electron chi connectivity index (χ3n) is 6.56. The second-order valence-electron chi connectivity index (χ2n) is 9.43. The molecule has 3 heterocycles. The van der Waals surface area contributed by atoms with E-state index in [4.69, 9.17) is 10.5 Å². The van der Waals surface area contributed by atoms with E-state index in [1.165, 1.54) is 6.33 Å². The molecule has 2 N–H and O–H groups in total. The van der Waals surface area contributed by atoms with Gasteiger partial charge in [0.2, 0.25) is 0 Å². The van der Waals surface area contributed by atoms with E-state index in [0.29, 0.717) is 11.7 Å². The van der Waals surface area contributed by atoms with Crippen LogP contribution in [0, 0.1) is 17.8 Å². The highest BCUT2D eigenvalue weighted by Gasteiger charge is 2.23. The molecule has 0 aliphatic carbocycles. The fourth-order valence-corrected chi connectivity index (χ4v) is 4.70. The molecule has 2 aromatic carbocycles. The van der Waals surface area contributed by atoms with Crippen molar-refractivity contribution in [3.05, 3.63) is 66.6 Å². The van der Waals surface area contributed by atoms with Gasteiger partial charge in [-0.25, -0.2) is 9.97 Å². The molecule has 4 aromatic rings. The molecular formula is C29H31N5O. The number of hydrogen-bond acceptors (Lipinski definition) is 5. The van der Waals surface area contributed by atoms with Gasteiger partial charge in [-0.3, -0.25) is 0 Å². The molecule has 178 valence electrons. The Morgan fingerprint density at radius 3 is 2.34 bits per heavy atom. The summed E-state index contributed by atoms with van der Waals surface area (Å²) >= 11 is 0. The van der Waals surface area contributed by atoms with Gasteiger partial charge in [-0.1, -0.05) is 36.3 Å². The number of para-hydroxylation sites is 1. The zero-order valence-corrected chi connectivity index (χ0v) is 20.5. The molecule has 0 spiro atoms. The lowest BCUT2D eigenvalue weighted by atomic mass is 9.97. The first-order chi connectivity index (χ1) is 17.0. The smallest absolute Gasteiger partial charge is 0.147 e. The fourth-order valence-electron chi connectivity index (χ4n) is 4.70. The summed E-state index contributed by atoms with van der Waals surface area (Å²) in [5.41, 5.74) is 10.2. The number of hydrogen-bond donors (Lipinski definition) is 1. The average Bonchev–Trinajstić information content (AvgIpc) is 3.20. The summed E-state index contributed by atoms with van der Waals surface area (Å²) in [6, 6.07) is 18.0. The van der Waals surface area contributed by atoms with E-state index in [9.17, 15) is 0 Å². The Labute approximate surface area is 206 Å². The number of aromatic nitrogens is 3. The molecule has 0 radical (unpaired) electrons. The second kappa shape index (κ2) is 9.81. The number of nitrogen functional groups attached to an aromatic ring is 1. The van der Waals surface area contributed by atoms with Crippen LogP contribution in [0.4, 0.5) is 5.82 Å². The van der Waals surface area contributed by atoms with Crippen molar-refractivity contribution in [2.45, 2.75) is 32.7 Å². The number of anilines is 1. The molecule has 1 saturated heterocycles. The number of rotatable bonds is 4. The van der Waals surface area contributed by atoms with Crippen LogP contribution in [-0.4, -0.2) is 39.6 Å². The molecular weight excluding hydrogens is 434 g/mol. The Bertz CT molecular complexity index is 1370. The third-order valence-corrected chi connectivity index (χ3v) is 6.56. The Hall–Kier alpha value is -3.82. The van der Waals surface area contributed by atoms with Crippen molar-refractivity contribution in [1.82, 2.24) is 19.4 Å². The van der Waals surface area contributed by atoms with Crippen LogP contribution in [0.2, 0.25) is 0 Å². The van der Waals surface area contributed by atoms with Gasteiger partial charge in [-0.05, 0) is 82.6 Å². The topological polar surface area (TPSA) is 69.2 Å². The van der Waals surface area contributed by atoms with E-state index in [0.717, 1.165) is 65.3 Å². The number of nitrogens with two attached hydrogens (primary N) is 1. The summed E-state index contributed by atoms with van der Waals surface area (Å²) in [7, 11) is 2.17. The Balaban J connectivity index is 1.60. The summed E-state index contributed by atoms with van der Waals surface area (Å²) in [4.78, 5) is 11.3. The van der Waals surface area contributed by atoms with Gasteiger partial charge in [0.25, 0.3) is 0 Å². The maximum atomic E-state index is 6.42. The molecule has 2 aromatic heterocycles. The van der Waals surface area contributed by atoms with Gasteiger partial charge < -0.3 is 19.9 Å². The number of ether oxygens (including phenoxy) is 1. The number of nitrogens with zero attached hydrogens (tertiary/aromatic N) is 4. The number of likely N-dealkylation sites (tertiary alicyclic amines) is 1. The first-order valence-electron chi connectivity index (χ1n) is 12.2. The van der Waals surface area contributed by atoms with Crippen LogP contribution in [0.25, 0.3) is 22.2 Å². The Morgan fingerprint density at radius 1 is 0.971 bits per heavy atom. The summed E-state index contributed by atoms with van der Waals surface area (Å²) < 4.78 is 8.20. The predicted molar refractivity (Wildman–Crippen MR) is 141 cm³/mol. The maximum absolute atomic E-state index is 6.42. The van der Waals surface area contributed by atoms with Gasteiger partial charge in [0, 0.05) is 17.5 Å². The largest absolute Gasteiger partial charge is 0.457 e. The van der Waals surface area contributed by atoms with Crippen molar-refractivity contribution < 1.29 is 4.74 Å². The summed E-state index contributed by atoms with van der Waals surface area (Å²) in [6.45, 7) is 6.47.